The van der Waals surface area contributed by atoms with Gasteiger partial charge in [0.15, 0.2) is 6.30 Å². The molecule has 1 rings (SSSR count). The highest BCUT2D eigenvalue weighted by Crippen LogP contribution is 2.33. The van der Waals surface area contributed by atoms with E-state index in [0.29, 0.717) is 17.7 Å². The second kappa shape index (κ2) is 2.66. The van der Waals surface area contributed by atoms with Crippen molar-refractivity contribution in [1.29, 1.82) is 0 Å². The minimum absolute atomic E-state index is 0.242. The van der Waals surface area contributed by atoms with Crippen LogP contribution in [0.15, 0.2) is 23.4 Å². The Morgan fingerprint density at radius 2 is 2.27 bits per heavy atom. The summed E-state index contributed by atoms with van der Waals surface area (Å²) >= 11 is 0. The Labute approximate surface area is 65.8 Å². The van der Waals surface area contributed by atoms with E-state index < -0.39 is 6.30 Å². The van der Waals surface area contributed by atoms with Gasteiger partial charge in [-0.15, -0.1) is 0 Å². The zero-order valence-electron chi connectivity index (χ0n) is 6.60. The maximum atomic E-state index is 12.6. The van der Waals surface area contributed by atoms with Crippen LogP contribution < -0.4 is 11.5 Å². The summed E-state index contributed by atoms with van der Waals surface area (Å²) in [7, 11) is 0. The molecule has 0 aromatic rings. The van der Waals surface area contributed by atoms with Crippen LogP contribution in [-0.2, 0) is 0 Å². The van der Waals surface area contributed by atoms with E-state index >= 15 is 0 Å². The fourth-order valence-corrected chi connectivity index (χ4v) is 1.30. The van der Waals surface area contributed by atoms with Crippen LogP contribution in [-0.4, -0.2) is 6.30 Å². The van der Waals surface area contributed by atoms with Crippen molar-refractivity contribution in [2.24, 2.45) is 17.4 Å². The highest BCUT2D eigenvalue weighted by Gasteiger charge is 2.26. The van der Waals surface area contributed by atoms with Crippen LogP contribution in [0.5, 0.6) is 0 Å². The first-order chi connectivity index (χ1) is 5.04. The number of halogens is 1. The molecule has 1 aliphatic carbocycles. The Bertz CT molecular complexity index is 218. The largest absolute Gasteiger partial charge is 0.398 e. The normalized spacial score (nSPS) is 27.9. The van der Waals surface area contributed by atoms with E-state index in [1.165, 1.54) is 0 Å². The van der Waals surface area contributed by atoms with Gasteiger partial charge in [0.1, 0.15) is 0 Å². The average molecular weight is 156 g/mol. The number of allylic oxidation sites excluding steroid dienone is 1. The smallest absolute Gasteiger partial charge is 0.172 e. The molecule has 1 aliphatic rings. The van der Waals surface area contributed by atoms with E-state index in [1.807, 2.05) is 6.92 Å². The Morgan fingerprint density at radius 3 is 2.45 bits per heavy atom. The maximum absolute atomic E-state index is 12.6. The molecule has 3 heteroatoms. The lowest BCUT2D eigenvalue weighted by Gasteiger charge is -2.03. The summed E-state index contributed by atoms with van der Waals surface area (Å²) in [6, 6.07) is 0. The predicted molar refractivity (Wildman–Crippen MR) is 43.2 cm³/mol. The summed E-state index contributed by atoms with van der Waals surface area (Å²) in [4.78, 5) is 0. The molecular weight excluding hydrogens is 143 g/mol. The van der Waals surface area contributed by atoms with E-state index in [1.54, 1.807) is 0 Å². The molecule has 0 aromatic carbocycles. The molecule has 0 spiro atoms. The summed E-state index contributed by atoms with van der Waals surface area (Å²) < 4.78 is 12.6. The van der Waals surface area contributed by atoms with Gasteiger partial charge in [0, 0.05) is 11.3 Å². The zero-order valence-corrected chi connectivity index (χ0v) is 6.60. The van der Waals surface area contributed by atoms with Gasteiger partial charge >= 0.3 is 0 Å². The molecule has 0 radical (unpaired) electrons. The number of hydrogen-bond donors (Lipinski definition) is 2. The zero-order chi connectivity index (χ0) is 8.59. The van der Waals surface area contributed by atoms with Gasteiger partial charge in [-0.05, 0) is 17.9 Å². The van der Waals surface area contributed by atoms with Crippen LogP contribution in [0, 0.1) is 5.92 Å². The van der Waals surface area contributed by atoms with Gasteiger partial charge in [-0.1, -0.05) is 13.5 Å². The van der Waals surface area contributed by atoms with Crippen molar-refractivity contribution in [3.63, 3.8) is 0 Å². The van der Waals surface area contributed by atoms with Crippen LogP contribution in [0.3, 0.4) is 0 Å². The molecule has 0 amide bonds. The molecule has 0 aromatic heterocycles. The molecule has 0 fully saturated rings. The van der Waals surface area contributed by atoms with Crippen LogP contribution in [0.25, 0.3) is 0 Å². The van der Waals surface area contributed by atoms with Gasteiger partial charge in [-0.2, -0.15) is 0 Å². The molecular formula is C8H13FN2. The maximum Gasteiger partial charge on any atom is 0.172 e. The lowest BCUT2D eigenvalue weighted by molar-refractivity contribution is 0.382. The van der Waals surface area contributed by atoms with Crippen LogP contribution in [0.1, 0.15) is 13.3 Å². The van der Waals surface area contributed by atoms with Crippen molar-refractivity contribution >= 4 is 0 Å². The van der Waals surface area contributed by atoms with Crippen molar-refractivity contribution in [3.05, 3.63) is 23.4 Å². The lowest BCUT2D eigenvalue weighted by Crippen LogP contribution is -2.18. The van der Waals surface area contributed by atoms with Gasteiger partial charge in [-0.25, -0.2) is 4.39 Å². The quantitative estimate of drug-likeness (QED) is 0.557. The van der Waals surface area contributed by atoms with Gasteiger partial charge in [0.05, 0.1) is 0 Å². The van der Waals surface area contributed by atoms with Gasteiger partial charge < -0.3 is 5.73 Å². The fourth-order valence-electron chi connectivity index (χ4n) is 1.30. The first kappa shape index (κ1) is 8.27. The van der Waals surface area contributed by atoms with Crippen molar-refractivity contribution in [1.82, 2.24) is 0 Å². The Balaban J connectivity index is 2.89. The van der Waals surface area contributed by atoms with Crippen LogP contribution in [0.2, 0.25) is 0 Å². The Hall–Kier alpha value is -0.830. The molecule has 2 atom stereocenters. The molecule has 0 saturated carbocycles. The number of nitrogens with two attached hydrogens (primary N) is 2. The molecule has 0 heterocycles. The van der Waals surface area contributed by atoms with Crippen LogP contribution in [0.4, 0.5) is 4.39 Å². The second-order valence-corrected chi connectivity index (χ2v) is 2.97. The number of rotatable bonds is 1. The van der Waals surface area contributed by atoms with E-state index in [9.17, 15) is 4.39 Å². The second-order valence-electron chi connectivity index (χ2n) is 2.97. The molecule has 0 saturated heterocycles. The average Bonchev–Trinajstić information content (AvgIpc) is 2.17. The molecule has 2 unspecified atom stereocenters. The molecule has 2 nitrogen and oxygen atoms in total. The van der Waals surface area contributed by atoms with E-state index in [2.05, 4.69) is 6.58 Å². The molecule has 62 valence electrons. The minimum Gasteiger partial charge on any atom is -0.398 e. The van der Waals surface area contributed by atoms with E-state index in [0.717, 1.165) is 5.57 Å². The fraction of sp³-hybridized carbons (Fsp3) is 0.500. The van der Waals surface area contributed by atoms with Gasteiger partial charge in [0.2, 0.25) is 0 Å². The SMILES string of the molecule is C=C1C(N)=C(C(N)F)CC1C. The molecule has 11 heavy (non-hydrogen) atoms. The third-order valence-corrected chi connectivity index (χ3v) is 2.15. The Kier molecular flexibility index (Phi) is 2.00. The number of hydrogen-bond acceptors (Lipinski definition) is 2. The van der Waals surface area contributed by atoms with E-state index in [4.69, 9.17) is 11.5 Å². The van der Waals surface area contributed by atoms with Gasteiger partial charge in [0.25, 0.3) is 0 Å². The van der Waals surface area contributed by atoms with Gasteiger partial charge in [-0.3, -0.25) is 5.73 Å². The summed E-state index contributed by atoms with van der Waals surface area (Å²) in [6.45, 7) is 5.71. The van der Waals surface area contributed by atoms with Crippen LogP contribution >= 0.6 is 0 Å². The summed E-state index contributed by atoms with van der Waals surface area (Å²) in [5.41, 5.74) is 12.4. The van der Waals surface area contributed by atoms with Crippen molar-refractivity contribution < 1.29 is 4.39 Å². The third kappa shape index (κ3) is 1.28. The van der Waals surface area contributed by atoms with Crippen molar-refractivity contribution in [2.75, 3.05) is 0 Å². The van der Waals surface area contributed by atoms with E-state index in [-0.39, 0.29) is 5.92 Å². The first-order valence-electron chi connectivity index (χ1n) is 3.61. The Morgan fingerprint density at radius 1 is 1.73 bits per heavy atom. The highest BCUT2D eigenvalue weighted by atomic mass is 19.1. The lowest BCUT2D eigenvalue weighted by atomic mass is 10.0. The molecule has 0 aliphatic heterocycles. The molecule has 4 N–H and O–H groups in total. The first-order valence-corrected chi connectivity index (χ1v) is 3.61. The van der Waals surface area contributed by atoms with Crippen molar-refractivity contribution in [2.45, 2.75) is 19.6 Å². The summed E-state index contributed by atoms with van der Waals surface area (Å²) in [5, 5.41) is 0. The highest BCUT2D eigenvalue weighted by molar-refractivity contribution is 5.40. The predicted octanol–water partition coefficient (Wildman–Crippen LogP) is 1.05. The molecule has 0 bridgehead atoms. The monoisotopic (exact) mass is 156 g/mol. The standard InChI is InChI=1S/C8H13FN2/c1-4-3-6(8(9)11)7(10)5(4)2/h4,8H,2-3,10-11H2,1H3. The summed E-state index contributed by atoms with van der Waals surface area (Å²) in [6.07, 6.45) is -0.806. The third-order valence-electron chi connectivity index (χ3n) is 2.15. The summed E-state index contributed by atoms with van der Waals surface area (Å²) in [5.74, 6) is 0.242. The van der Waals surface area contributed by atoms with Crippen molar-refractivity contribution in [3.8, 4) is 0 Å². The topological polar surface area (TPSA) is 52.0 Å². The number of alkyl halides is 1. The minimum atomic E-state index is -1.42.